The van der Waals surface area contributed by atoms with E-state index in [4.69, 9.17) is 9.47 Å². The van der Waals surface area contributed by atoms with Gasteiger partial charge in [-0.3, -0.25) is 14.5 Å². The number of esters is 1. The van der Waals surface area contributed by atoms with E-state index in [9.17, 15) is 27.6 Å². The molecule has 184 valence electrons. The first-order valence-electron chi connectivity index (χ1n) is 10.2. The SMILES string of the molecule is C=CCOC(=O)c1cc(NC(=O)[C@@H]2C[C@@H](CC(=O)S)CN2C(=O)OCC=C)cc(S(C)(=O)=O)c1. The van der Waals surface area contributed by atoms with E-state index in [1.54, 1.807) is 0 Å². The lowest BCUT2D eigenvalue weighted by atomic mass is 10.0. The van der Waals surface area contributed by atoms with Crippen molar-refractivity contribution in [3.63, 3.8) is 0 Å². The average Bonchev–Trinajstić information content (AvgIpc) is 3.18. The maximum absolute atomic E-state index is 13.1. The number of amides is 2. The van der Waals surface area contributed by atoms with Gasteiger partial charge in [-0.1, -0.05) is 25.3 Å². The Morgan fingerprint density at radius 2 is 1.79 bits per heavy atom. The van der Waals surface area contributed by atoms with Crippen LogP contribution in [0.5, 0.6) is 0 Å². The Balaban J connectivity index is 2.33. The minimum absolute atomic E-state index is 0.0200. The monoisotopic (exact) mass is 510 g/mol. The predicted octanol–water partition coefficient (Wildman–Crippen LogP) is 2.23. The van der Waals surface area contributed by atoms with Crippen LogP contribution in [0.4, 0.5) is 10.5 Å². The van der Waals surface area contributed by atoms with Crippen molar-refractivity contribution in [2.75, 3.05) is 31.3 Å². The third-order valence-electron chi connectivity index (χ3n) is 4.88. The number of anilines is 1. The normalized spacial score (nSPS) is 17.5. The molecule has 1 aromatic carbocycles. The molecule has 1 aliphatic rings. The quantitative estimate of drug-likeness (QED) is 0.278. The fourth-order valence-corrected chi connectivity index (χ4v) is 4.37. The van der Waals surface area contributed by atoms with Crippen molar-refractivity contribution in [3.05, 3.63) is 49.1 Å². The summed E-state index contributed by atoms with van der Waals surface area (Å²) in [6, 6.07) is 2.61. The largest absolute Gasteiger partial charge is 0.458 e. The molecule has 1 aliphatic heterocycles. The topological polar surface area (TPSA) is 136 Å². The molecule has 0 aliphatic carbocycles. The molecular weight excluding hydrogens is 484 g/mol. The Labute approximate surface area is 203 Å². The van der Waals surface area contributed by atoms with Crippen LogP contribution in [0.25, 0.3) is 0 Å². The highest BCUT2D eigenvalue weighted by atomic mass is 32.2. The molecule has 10 nitrogen and oxygen atoms in total. The number of hydrogen-bond donors (Lipinski definition) is 2. The van der Waals surface area contributed by atoms with Gasteiger partial charge in [-0.05, 0) is 30.5 Å². The number of sulfone groups is 1. The molecule has 0 unspecified atom stereocenters. The highest BCUT2D eigenvalue weighted by Gasteiger charge is 2.41. The summed E-state index contributed by atoms with van der Waals surface area (Å²) in [6.07, 6.45) is 3.16. The van der Waals surface area contributed by atoms with Crippen molar-refractivity contribution in [1.29, 1.82) is 0 Å². The van der Waals surface area contributed by atoms with Gasteiger partial charge in [-0.2, -0.15) is 0 Å². The van der Waals surface area contributed by atoms with Gasteiger partial charge < -0.3 is 14.8 Å². The van der Waals surface area contributed by atoms with E-state index in [-0.39, 0.29) is 59.8 Å². The number of likely N-dealkylation sites (tertiary alicyclic amines) is 1. The van der Waals surface area contributed by atoms with Crippen molar-refractivity contribution >= 4 is 51.2 Å². The van der Waals surface area contributed by atoms with Crippen LogP contribution >= 0.6 is 12.6 Å². The van der Waals surface area contributed by atoms with Gasteiger partial charge in [-0.25, -0.2) is 18.0 Å². The van der Waals surface area contributed by atoms with Gasteiger partial charge in [0.25, 0.3) is 0 Å². The fraction of sp³-hybridized carbons (Fsp3) is 0.364. The minimum Gasteiger partial charge on any atom is -0.458 e. The second-order valence-electron chi connectivity index (χ2n) is 7.63. The summed E-state index contributed by atoms with van der Waals surface area (Å²) in [4.78, 5) is 50.2. The summed E-state index contributed by atoms with van der Waals surface area (Å²) in [7, 11) is -3.73. The van der Waals surface area contributed by atoms with Crippen LogP contribution in [0.2, 0.25) is 0 Å². The van der Waals surface area contributed by atoms with Gasteiger partial charge >= 0.3 is 12.1 Å². The summed E-state index contributed by atoms with van der Waals surface area (Å²) < 4.78 is 34.2. The first kappa shape index (κ1) is 27.1. The number of carbonyl (C=O) groups is 4. The van der Waals surface area contributed by atoms with E-state index in [1.165, 1.54) is 29.2 Å². The van der Waals surface area contributed by atoms with Gasteiger partial charge in [0, 0.05) is 24.9 Å². The van der Waals surface area contributed by atoms with Crippen molar-refractivity contribution in [2.24, 2.45) is 5.92 Å². The number of benzene rings is 1. The number of ether oxygens (including phenoxy) is 2. The van der Waals surface area contributed by atoms with E-state index < -0.39 is 33.8 Å². The maximum atomic E-state index is 13.1. The Hall–Kier alpha value is -3.12. The van der Waals surface area contributed by atoms with E-state index >= 15 is 0 Å². The lowest BCUT2D eigenvalue weighted by molar-refractivity contribution is -0.120. The summed E-state index contributed by atoms with van der Waals surface area (Å²) >= 11 is 3.77. The Morgan fingerprint density at radius 1 is 1.15 bits per heavy atom. The van der Waals surface area contributed by atoms with Crippen LogP contribution in [-0.4, -0.2) is 68.5 Å². The number of nitrogens with one attached hydrogen (secondary N) is 1. The van der Waals surface area contributed by atoms with Crippen LogP contribution in [0.15, 0.2) is 48.4 Å². The van der Waals surface area contributed by atoms with Gasteiger partial charge in [0.2, 0.25) is 5.91 Å². The smallest absolute Gasteiger partial charge is 0.410 e. The highest BCUT2D eigenvalue weighted by molar-refractivity contribution is 7.96. The molecule has 0 aromatic heterocycles. The van der Waals surface area contributed by atoms with E-state index in [0.29, 0.717) is 0 Å². The number of carbonyl (C=O) groups excluding carboxylic acids is 4. The van der Waals surface area contributed by atoms with E-state index in [2.05, 4.69) is 31.1 Å². The van der Waals surface area contributed by atoms with Crippen LogP contribution in [0.1, 0.15) is 23.2 Å². The van der Waals surface area contributed by atoms with Gasteiger partial charge in [0.05, 0.1) is 10.5 Å². The van der Waals surface area contributed by atoms with E-state index in [0.717, 1.165) is 12.3 Å². The molecule has 1 aromatic rings. The number of hydrogen-bond acceptors (Lipinski definition) is 8. The van der Waals surface area contributed by atoms with Crippen LogP contribution in [0, 0.1) is 5.92 Å². The number of rotatable bonds is 10. The summed E-state index contributed by atoms with van der Waals surface area (Å²) in [5, 5.41) is 2.18. The maximum Gasteiger partial charge on any atom is 0.410 e. The summed E-state index contributed by atoms with van der Waals surface area (Å²) in [6.45, 7) is 6.87. The molecular formula is C22H26N2O8S2. The molecule has 1 N–H and O–H groups in total. The molecule has 1 fully saturated rings. The third kappa shape index (κ3) is 7.45. The average molecular weight is 511 g/mol. The fourth-order valence-electron chi connectivity index (χ4n) is 3.43. The van der Waals surface area contributed by atoms with Crippen molar-refractivity contribution < 1.29 is 37.1 Å². The predicted molar refractivity (Wildman–Crippen MR) is 127 cm³/mol. The Bertz CT molecular complexity index is 1100. The van der Waals surface area contributed by atoms with Gasteiger partial charge in [-0.15, -0.1) is 12.6 Å². The molecule has 2 amide bonds. The third-order valence-corrected chi connectivity index (χ3v) is 6.16. The zero-order valence-corrected chi connectivity index (χ0v) is 20.3. The molecule has 2 rings (SSSR count). The van der Waals surface area contributed by atoms with Crippen LogP contribution in [0.3, 0.4) is 0 Å². The number of nitrogens with zero attached hydrogens (tertiary/aromatic N) is 1. The molecule has 0 radical (unpaired) electrons. The highest BCUT2D eigenvalue weighted by Crippen LogP contribution is 2.29. The first-order valence-corrected chi connectivity index (χ1v) is 12.5. The Kier molecular flexibility index (Phi) is 9.45. The van der Waals surface area contributed by atoms with Gasteiger partial charge in [0.15, 0.2) is 15.0 Å². The lowest BCUT2D eigenvalue weighted by Gasteiger charge is -2.23. The lowest BCUT2D eigenvalue weighted by Crippen LogP contribution is -2.43. The van der Waals surface area contributed by atoms with Crippen LogP contribution in [-0.2, 0) is 28.9 Å². The standard InChI is InChI=1S/C22H26N2O8S2/c1-4-6-31-21(27)15-10-16(12-17(11-15)34(3,29)30)23-20(26)18-8-14(9-19(25)33)13-24(18)22(28)32-7-5-2/h4-5,10-12,14,18H,1-2,6-9,13H2,3H3,(H,23,26)(H,25,33)/t14-,18-/m0/s1. The molecule has 1 heterocycles. The van der Waals surface area contributed by atoms with E-state index in [1.807, 2.05) is 0 Å². The summed E-state index contributed by atoms with van der Waals surface area (Å²) in [5.74, 6) is -1.76. The van der Waals surface area contributed by atoms with Crippen molar-refractivity contribution in [1.82, 2.24) is 4.90 Å². The van der Waals surface area contributed by atoms with Crippen molar-refractivity contribution in [3.8, 4) is 0 Å². The zero-order chi connectivity index (χ0) is 25.5. The number of thiol groups is 1. The molecule has 0 spiro atoms. The molecule has 2 atom stereocenters. The minimum atomic E-state index is -3.73. The van der Waals surface area contributed by atoms with Crippen molar-refractivity contribution in [2.45, 2.75) is 23.8 Å². The molecule has 0 saturated carbocycles. The molecule has 1 saturated heterocycles. The molecule has 12 heteroatoms. The Morgan fingerprint density at radius 3 is 2.38 bits per heavy atom. The first-order chi connectivity index (χ1) is 16.0. The summed E-state index contributed by atoms with van der Waals surface area (Å²) in [5.41, 5.74) is -0.0705. The molecule has 34 heavy (non-hydrogen) atoms. The second-order valence-corrected chi connectivity index (χ2v) is 10.1. The van der Waals surface area contributed by atoms with Crippen LogP contribution < -0.4 is 5.32 Å². The molecule has 0 bridgehead atoms. The van der Waals surface area contributed by atoms with Gasteiger partial charge in [0.1, 0.15) is 19.3 Å². The second kappa shape index (κ2) is 11.8. The zero-order valence-electron chi connectivity index (χ0n) is 18.6.